The van der Waals surface area contributed by atoms with Gasteiger partial charge in [0.1, 0.15) is 5.75 Å². The van der Waals surface area contributed by atoms with Crippen molar-refractivity contribution < 1.29 is 14.0 Å². The summed E-state index contributed by atoms with van der Waals surface area (Å²) in [4.78, 5) is 4.36. The maximum atomic E-state index is 6.10. The molecule has 0 atom stereocenters. The summed E-state index contributed by atoms with van der Waals surface area (Å²) >= 11 is 0. The van der Waals surface area contributed by atoms with Gasteiger partial charge in [-0.3, -0.25) is 4.98 Å². The first-order valence-electron chi connectivity index (χ1n) is 7.78. The Morgan fingerprint density at radius 3 is 2.30 bits per heavy atom. The Hall–Kier alpha value is -1.85. The Balaban J connectivity index is 1.96. The third-order valence-electron chi connectivity index (χ3n) is 4.70. The number of methoxy groups -OCH3 is 1. The van der Waals surface area contributed by atoms with Crippen LogP contribution in [0.1, 0.15) is 27.7 Å². The number of para-hydroxylation sites is 1. The zero-order valence-corrected chi connectivity index (χ0v) is 14.3. The molecule has 0 saturated carbocycles. The quantitative estimate of drug-likeness (QED) is 0.817. The summed E-state index contributed by atoms with van der Waals surface area (Å²) in [6.07, 6.45) is 3.62. The number of pyridine rings is 1. The highest BCUT2D eigenvalue weighted by atomic mass is 16.7. The number of hydrogen-bond acceptors (Lipinski definition) is 4. The molecular formula is C18H22BNO3. The van der Waals surface area contributed by atoms with Crippen LogP contribution in [0.5, 0.6) is 5.75 Å². The lowest BCUT2D eigenvalue weighted by Crippen LogP contribution is -2.41. The molecule has 120 valence electrons. The fourth-order valence-corrected chi connectivity index (χ4v) is 2.60. The third-order valence-corrected chi connectivity index (χ3v) is 4.70. The van der Waals surface area contributed by atoms with E-state index in [1.807, 2.05) is 64.2 Å². The monoisotopic (exact) mass is 311 g/mol. The molecule has 0 spiro atoms. The predicted octanol–water partition coefficient (Wildman–Crippen LogP) is 3.06. The summed E-state index contributed by atoms with van der Waals surface area (Å²) < 4.78 is 17.6. The smallest absolute Gasteiger partial charge is 0.496 e. The second-order valence-corrected chi connectivity index (χ2v) is 6.80. The number of benzene rings is 1. The number of rotatable bonds is 3. The van der Waals surface area contributed by atoms with E-state index in [4.69, 9.17) is 14.0 Å². The lowest BCUT2D eigenvalue weighted by Gasteiger charge is -2.32. The van der Waals surface area contributed by atoms with Crippen molar-refractivity contribution in [2.45, 2.75) is 38.9 Å². The van der Waals surface area contributed by atoms with E-state index in [0.717, 1.165) is 22.3 Å². The van der Waals surface area contributed by atoms with Gasteiger partial charge in [0.05, 0.1) is 18.3 Å². The van der Waals surface area contributed by atoms with Crippen molar-refractivity contribution in [1.29, 1.82) is 0 Å². The highest BCUT2D eigenvalue weighted by Gasteiger charge is 2.51. The van der Waals surface area contributed by atoms with Crippen molar-refractivity contribution >= 4 is 12.6 Å². The van der Waals surface area contributed by atoms with Crippen LogP contribution in [0.2, 0.25) is 0 Å². The normalized spacial score (nSPS) is 18.9. The number of nitrogens with zero attached hydrogens (tertiary/aromatic N) is 1. The van der Waals surface area contributed by atoms with Gasteiger partial charge in [-0.05, 0) is 33.8 Å². The first-order chi connectivity index (χ1) is 10.8. The summed E-state index contributed by atoms with van der Waals surface area (Å²) in [6.45, 7) is 8.18. The largest absolute Gasteiger partial charge is 0.496 e. The van der Waals surface area contributed by atoms with Gasteiger partial charge in [0, 0.05) is 29.0 Å². The van der Waals surface area contributed by atoms with Crippen LogP contribution in [0.15, 0.2) is 42.7 Å². The van der Waals surface area contributed by atoms with Gasteiger partial charge in [-0.25, -0.2) is 0 Å². The minimum atomic E-state index is -0.415. The van der Waals surface area contributed by atoms with Crippen LogP contribution in [0, 0.1) is 0 Å². The fraction of sp³-hybridized carbons (Fsp3) is 0.389. The second-order valence-electron chi connectivity index (χ2n) is 6.80. The topological polar surface area (TPSA) is 40.6 Å². The molecule has 23 heavy (non-hydrogen) atoms. The van der Waals surface area contributed by atoms with Crippen LogP contribution < -0.4 is 10.2 Å². The summed E-state index contributed by atoms with van der Waals surface area (Å²) in [6, 6.07) is 9.95. The molecule has 1 saturated heterocycles. The maximum Gasteiger partial charge on any atom is 0.496 e. The highest BCUT2D eigenvalue weighted by molar-refractivity contribution is 6.62. The third kappa shape index (κ3) is 2.86. The Morgan fingerprint density at radius 1 is 1.00 bits per heavy atom. The Kier molecular flexibility index (Phi) is 3.94. The molecule has 3 rings (SSSR count). The Labute approximate surface area is 137 Å². The van der Waals surface area contributed by atoms with E-state index in [1.54, 1.807) is 13.3 Å². The summed E-state index contributed by atoms with van der Waals surface area (Å²) in [5, 5.41) is 0. The van der Waals surface area contributed by atoms with Crippen LogP contribution in [0.25, 0.3) is 11.1 Å². The zero-order chi connectivity index (χ0) is 16.7. The number of aromatic nitrogens is 1. The van der Waals surface area contributed by atoms with Gasteiger partial charge in [0.25, 0.3) is 0 Å². The van der Waals surface area contributed by atoms with E-state index in [0.29, 0.717) is 0 Å². The molecule has 0 bridgehead atoms. The van der Waals surface area contributed by atoms with Gasteiger partial charge < -0.3 is 14.0 Å². The first-order valence-corrected chi connectivity index (χ1v) is 7.78. The van der Waals surface area contributed by atoms with E-state index in [9.17, 15) is 0 Å². The van der Waals surface area contributed by atoms with Gasteiger partial charge in [0.15, 0.2) is 0 Å². The minimum absolute atomic E-state index is 0.363. The molecule has 0 aliphatic carbocycles. The van der Waals surface area contributed by atoms with Crippen molar-refractivity contribution in [2.75, 3.05) is 7.11 Å². The summed E-state index contributed by atoms with van der Waals surface area (Å²) in [7, 11) is 1.26. The molecular weight excluding hydrogens is 289 g/mol. The van der Waals surface area contributed by atoms with E-state index in [2.05, 4.69) is 4.98 Å². The average Bonchev–Trinajstić information content (AvgIpc) is 2.75. The minimum Gasteiger partial charge on any atom is -0.496 e. The molecule has 0 radical (unpaired) electrons. The molecule has 1 aliphatic rings. The Morgan fingerprint density at radius 2 is 1.65 bits per heavy atom. The van der Waals surface area contributed by atoms with E-state index in [1.165, 1.54) is 0 Å². The lowest BCUT2D eigenvalue weighted by molar-refractivity contribution is 0.00578. The van der Waals surface area contributed by atoms with Crippen LogP contribution in [0.3, 0.4) is 0 Å². The van der Waals surface area contributed by atoms with E-state index < -0.39 is 7.12 Å². The van der Waals surface area contributed by atoms with Gasteiger partial charge in [-0.1, -0.05) is 24.3 Å². The molecule has 1 fully saturated rings. The van der Waals surface area contributed by atoms with Crippen LogP contribution in [-0.4, -0.2) is 30.4 Å². The highest BCUT2D eigenvalue weighted by Crippen LogP contribution is 2.37. The van der Waals surface area contributed by atoms with Crippen LogP contribution >= 0.6 is 0 Å². The van der Waals surface area contributed by atoms with Crippen LogP contribution in [-0.2, 0) is 9.31 Å². The lowest BCUT2D eigenvalue weighted by atomic mass is 9.79. The van der Waals surface area contributed by atoms with E-state index >= 15 is 0 Å². The molecule has 4 nitrogen and oxygen atoms in total. The Bertz CT molecular complexity index is 699. The van der Waals surface area contributed by atoms with Gasteiger partial charge in [-0.15, -0.1) is 0 Å². The van der Waals surface area contributed by atoms with Gasteiger partial charge >= 0.3 is 7.12 Å². The van der Waals surface area contributed by atoms with Crippen LogP contribution in [0.4, 0.5) is 0 Å². The van der Waals surface area contributed by atoms with Crippen molar-refractivity contribution in [2.24, 2.45) is 0 Å². The predicted molar refractivity (Wildman–Crippen MR) is 91.9 cm³/mol. The molecule has 0 N–H and O–H groups in total. The molecule has 1 aromatic heterocycles. The molecule has 2 aromatic rings. The number of ether oxygens (including phenoxy) is 1. The molecule has 0 unspecified atom stereocenters. The second kappa shape index (κ2) is 5.66. The van der Waals surface area contributed by atoms with Gasteiger partial charge in [-0.2, -0.15) is 0 Å². The SMILES string of the molecule is COc1ccccc1-c1cncc(B2OC(C)(C)C(C)(C)O2)c1. The standard InChI is InChI=1S/C18H22BNO3/c1-17(2)18(3,4)23-19(22-17)14-10-13(11-20-12-14)15-8-6-7-9-16(15)21-5/h6-12H,1-5H3. The summed E-state index contributed by atoms with van der Waals surface area (Å²) in [5.74, 6) is 0.820. The average molecular weight is 311 g/mol. The van der Waals surface area contributed by atoms with Gasteiger partial charge in [0.2, 0.25) is 0 Å². The molecule has 2 heterocycles. The molecule has 1 aromatic carbocycles. The zero-order valence-electron chi connectivity index (χ0n) is 14.3. The van der Waals surface area contributed by atoms with Crippen molar-refractivity contribution in [3.8, 4) is 16.9 Å². The van der Waals surface area contributed by atoms with E-state index in [-0.39, 0.29) is 11.2 Å². The van der Waals surface area contributed by atoms with Crippen molar-refractivity contribution in [1.82, 2.24) is 4.98 Å². The fourth-order valence-electron chi connectivity index (χ4n) is 2.60. The van der Waals surface area contributed by atoms with Crippen molar-refractivity contribution in [3.63, 3.8) is 0 Å². The maximum absolute atomic E-state index is 6.10. The summed E-state index contributed by atoms with van der Waals surface area (Å²) in [5.41, 5.74) is 2.17. The van der Waals surface area contributed by atoms with Crippen molar-refractivity contribution in [3.05, 3.63) is 42.7 Å². The molecule has 5 heteroatoms. The number of hydrogen-bond donors (Lipinski definition) is 0. The first kappa shape index (κ1) is 16.0. The molecule has 1 aliphatic heterocycles. The molecule has 0 amide bonds.